The van der Waals surface area contributed by atoms with Gasteiger partial charge >= 0.3 is 6.72 Å². The van der Waals surface area contributed by atoms with E-state index in [1.807, 2.05) is 13.8 Å². The molecular weight excluding hydrogens is 500 g/mol. The van der Waals surface area contributed by atoms with Gasteiger partial charge in [0, 0.05) is 13.0 Å². The Balaban J connectivity index is 2.11. The van der Waals surface area contributed by atoms with Crippen LogP contribution < -0.4 is 0 Å². The van der Waals surface area contributed by atoms with Crippen LogP contribution in [0.4, 0.5) is 0 Å². The van der Waals surface area contributed by atoms with Gasteiger partial charge in [0.15, 0.2) is 0 Å². The van der Waals surface area contributed by atoms with Crippen LogP contribution in [0.3, 0.4) is 0 Å². The summed E-state index contributed by atoms with van der Waals surface area (Å²) in [5.41, 5.74) is 0. The van der Waals surface area contributed by atoms with Crippen molar-refractivity contribution in [1.82, 2.24) is 0 Å². The van der Waals surface area contributed by atoms with Gasteiger partial charge in [-0.25, -0.2) is 6.57 Å². The van der Waals surface area contributed by atoms with Crippen molar-refractivity contribution in [1.29, 1.82) is 0 Å². The summed E-state index contributed by atoms with van der Waals surface area (Å²) >= 11 is 23.7. The van der Waals surface area contributed by atoms with Gasteiger partial charge in [0.1, 0.15) is 12.7 Å². The zero-order valence-electron chi connectivity index (χ0n) is 17.6. The Morgan fingerprint density at radius 2 is 2.17 bits per heavy atom. The molecule has 174 valence electrons. The van der Waals surface area contributed by atoms with E-state index in [4.69, 9.17) is 82.3 Å². The summed E-state index contributed by atoms with van der Waals surface area (Å²) < 4.78 is 39.6. The van der Waals surface area contributed by atoms with Gasteiger partial charge in [-0.05, 0) is 31.6 Å². The molecule has 2 saturated heterocycles. The van der Waals surface area contributed by atoms with Crippen molar-refractivity contribution in [3.63, 3.8) is 0 Å². The first-order valence-electron chi connectivity index (χ1n) is 10.1. The number of aliphatic hydroxyl groups excluding tert-OH is 1. The predicted octanol–water partition coefficient (Wildman–Crippen LogP) is 4.00. The average Bonchev–Trinajstić information content (AvgIpc) is 3.18. The molecule has 0 radical (unpaired) electrons. The van der Waals surface area contributed by atoms with E-state index >= 15 is 0 Å². The lowest BCUT2D eigenvalue weighted by Crippen LogP contribution is -2.37. The SMILES string of the molecule is [3H][C@H]1CC(O)[C@@H](COC(OP(=S)(OCC[N+]#[C-])OC2C[C@H](C)O[C@@H]2CC)C(Cl)(Cl)Cl)O1. The lowest BCUT2D eigenvalue weighted by molar-refractivity contribution is -0.125. The highest BCUT2D eigenvalue weighted by atomic mass is 35.6. The van der Waals surface area contributed by atoms with E-state index in [1.54, 1.807) is 0 Å². The van der Waals surface area contributed by atoms with Crippen LogP contribution in [0.25, 0.3) is 4.85 Å². The van der Waals surface area contributed by atoms with Crippen molar-refractivity contribution in [2.45, 2.75) is 73.7 Å². The molecule has 1 N–H and O–H groups in total. The van der Waals surface area contributed by atoms with E-state index in [0.717, 1.165) is 0 Å². The third kappa shape index (κ3) is 8.26. The second kappa shape index (κ2) is 12.3. The summed E-state index contributed by atoms with van der Waals surface area (Å²) in [7, 11) is 0. The number of alkyl halides is 3. The zero-order chi connectivity index (χ0) is 23.2. The molecule has 4 unspecified atom stereocenters. The molecule has 0 amide bonds. The Bertz CT molecular complexity index is 671. The molecule has 2 aliphatic rings. The summed E-state index contributed by atoms with van der Waals surface area (Å²) in [4.78, 5) is 3.23. The van der Waals surface area contributed by atoms with Crippen LogP contribution in [0.2, 0.25) is 0 Å². The maximum Gasteiger partial charge on any atom is 0.330 e. The van der Waals surface area contributed by atoms with Crippen molar-refractivity contribution in [3.05, 3.63) is 11.4 Å². The summed E-state index contributed by atoms with van der Waals surface area (Å²) in [5, 5.41) is 9.95. The van der Waals surface area contributed by atoms with E-state index < -0.39 is 35.6 Å². The Hall–Kier alpha value is 0.730. The van der Waals surface area contributed by atoms with E-state index in [1.165, 1.54) is 0 Å². The fraction of sp³-hybridized carbons (Fsp3) is 0.941. The maximum atomic E-state index is 9.95. The molecule has 8 atom stereocenters. The number of rotatable bonds is 11. The minimum Gasteiger partial charge on any atom is -0.390 e. The van der Waals surface area contributed by atoms with Gasteiger partial charge in [-0.1, -0.05) is 41.7 Å². The van der Waals surface area contributed by atoms with Gasteiger partial charge in [0.05, 0.1) is 32.4 Å². The zero-order valence-corrected chi connectivity index (χ0v) is 20.6. The molecule has 2 heterocycles. The standard InChI is InChI=1S/C17H27Cl3NO7PS/c1-4-13-14(9-11(2)26-13)27-29(30,25-8-6-21-3)28-16(17(18,19)20)24-10-15-12(22)5-7-23-15/h11-16,22H,4-10H2,1-2H3/t11-,12?,13+,14?,15+,16?,29?/m0/s1/i7T/t7-,11-,12?,13+,14?,15+,16?,29?. The molecule has 0 aromatic heterocycles. The van der Waals surface area contributed by atoms with E-state index in [2.05, 4.69) is 4.85 Å². The van der Waals surface area contributed by atoms with Crippen molar-refractivity contribution in [2.24, 2.45) is 0 Å². The first kappa shape index (κ1) is 25.4. The Labute approximate surface area is 198 Å². The van der Waals surface area contributed by atoms with Crippen LogP contribution in [0.15, 0.2) is 0 Å². The molecule has 0 aromatic carbocycles. The first-order chi connectivity index (χ1) is 14.5. The number of ether oxygens (including phenoxy) is 3. The van der Waals surface area contributed by atoms with Crippen molar-refractivity contribution in [3.8, 4) is 0 Å². The van der Waals surface area contributed by atoms with Gasteiger partial charge in [-0.3, -0.25) is 4.52 Å². The molecule has 0 aliphatic carbocycles. The third-order valence-corrected chi connectivity index (χ3v) is 7.29. The van der Waals surface area contributed by atoms with Crippen LogP contribution >= 0.6 is 41.5 Å². The smallest absolute Gasteiger partial charge is 0.330 e. The van der Waals surface area contributed by atoms with Crippen molar-refractivity contribution >= 4 is 53.3 Å². The molecule has 13 heteroatoms. The summed E-state index contributed by atoms with van der Waals surface area (Å²) in [6.07, 6.45) is -2.37. The number of nitrogens with zero attached hydrogens (tertiary/aromatic N) is 1. The minimum atomic E-state index is -3.53. The van der Waals surface area contributed by atoms with Gasteiger partial charge in [-0.2, -0.15) is 0 Å². The number of halogens is 3. The quantitative estimate of drug-likeness (QED) is 0.142. The molecule has 0 spiro atoms. The molecule has 2 rings (SSSR count). The number of aliphatic hydroxyl groups is 1. The monoisotopic (exact) mass is 527 g/mol. The van der Waals surface area contributed by atoms with Crippen LogP contribution in [0.5, 0.6) is 0 Å². The Kier molecular flexibility index (Phi) is 10.4. The lowest BCUT2D eigenvalue weighted by atomic mass is 10.1. The highest BCUT2D eigenvalue weighted by Gasteiger charge is 2.44. The molecule has 30 heavy (non-hydrogen) atoms. The summed E-state index contributed by atoms with van der Waals surface area (Å²) in [6.45, 7) is 6.26. The van der Waals surface area contributed by atoms with Gasteiger partial charge in [-0.15, -0.1) is 0 Å². The lowest BCUT2D eigenvalue weighted by Gasteiger charge is -2.32. The fourth-order valence-corrected chi connectivity index (χ4v) is 5.78. The average molecular weight is 529 g/mol. The van der Waals surface area contributed by atoms with Crippen LogP contribution in [-0.2, 0) is 39.6 Å². The maximum absolute atomic E-state index is 9.95. The molecule has 0 aromatic rings. The second-order valence-electron chi connectivity index (χ2n) is 6.89. The summed E-state index contributed by atoms with van der Waals surface area (Å²) in [6, 6.07) is 0. The predicted molar refractivity (Wildman–Crippen MR) is 117 cm³/mol. The van der Waals surface area contributed by atoms with Crippen LogP contribution in [0.1, 0.15) is 34.5 Å². The Morgan fingerprint density at radius 3 is 2.73 bits per heavy atom. The van der Waals surface area contributed by atoms with E-state index in [-0.39, 0.29) is 44.5 Å². The van der Waals surface area contributed by atoms with Crippen molar-refractivity contribution < 1.29 is 34.3 Å². The van der Waals surface area contributed by atoms with Gasteiger partial charge in [0.2, 0.25) is 16.6 Å². The highest BCUT2D eigenvalue weighted by Crippen LogP contribution is 2.56. The van der Waals surface area contributed by atoms with E-state index in [0.29, 0.717) is 12.8 Å². The molecule has 0 bridgehead atoms. The van der Waals surface area contributed by atoms with Gasteiger partial charge in [0.25, 0.3) is 0 Å². The van der Waals surface area contributed by atoms with Crippen LogP contribution in [0, 0.1) is 6.57 Å². The topological polar surface area (TPSA) is 80.0 Å². The van der Waals surface area contributed by atoms with Crippen LogP contribution in [-0.4, -0.2) is 72.1 Å². The fourth-order valence-electron chi connectivity index (χ4n) is 3.00. The Morgan fingerprint density at radius 1 is 1.43 bits per heavy atom. The minimum absolute atomic E-state index is 0.0271. The van der Waals surface area contributed by atoms with E-state index in [9.17, 15) is 5.11 Å². The first-order valence-corrected chi connectivity index (χ1v) is 13.2. The van der Waals surface area contributed by atoms with Gasteiger partial charge < -0.3 is 33.2 Å². The normalized spacial score (nSPS) is 35.6. The largest absolute Gasteiger partial charge is 0.390 e. The second-order valence-corrected chi connectivity index (χ2v) is 12.2. The molecule has 8 nitrogen and oxygen atoms in total. The number of hydrogen-bond donors (Lipinski definition) is 1. The summed E-state index contributed by atoms with van der Waals surface area (Å²) in [5.74, 6) is 0. The molecular formula is C17H27Cl3NO7PS. The van der Waals surface area contributed by atoms with Crippen molar-refractivity contribution in [2.75, 3.05) is 26.3 Å². The third-order valence-electron chi connectivity index (χ3n) is 4.45. The number of hydrogen-bond acceptors (Lipinski definition) is 8. The molecule has 2 aliphatic heterocycles. The molecule has 2 fully saturated rings. The molecule has 0 saturated carbocycles. The highest BCUT2D eigenvalue weighted by molar-refractivity contribution is 8.07.